The number of anilines is 1. The number of amides is 1. The fourth-order valence-electron chi connectivity index (χ4n) is 1.34. The summed E-state index contributed by atoms with van der Waals surface area (Å²) in [7, 11) is 0. The van der Waals surface area contributed by atoms with Crippen LogP contribution < -0.4 is 11.1 Å². The molecule has 6 nitrogen and oxygen atoms in total. The van der Waals surface area contributed by atoms with Crippen molar-refractivity contribution < 1.29 is 4.79 Å². The normalized spacial score (nSPS) is 10.8. The summed E-state index contributed by atoms with van der Waals surface area (Å²) in [5, 5.41) is 2.74. The first-order chi connectivity index (χ1) is 8.25. The van der Waals surface area contributed by atoms with Crippen molar-refractivity contribution in [2.75, 3.05) is 12.3 Å². The van der Waals surface area contributed by atoms with Crippen LogP contribution in [0.25, 0.3) is 6.08 Å². The Morgan fingerprint density at radius 1 is 1.59 bits per heavy atom. The van der Waals surface area contributed by atoms with Crippen LogP contribution in [-0.2, 0) is 0 Å². The monoisotopic (exact) mass is 231 g/mol. The fraction of sp³-hybridized carbons (Fsp3) is 0.0909. The van der Waals surface area contributed by atoms with Gasteiger partial charge in [-0.25, -0.2) is 4.98 Å². The second-order valence-electron chi connectivity index (χ2n) is 3.42. The summed E-state index contributed by atoms with van der Waals surface area (Å²) < 4.78 is 0. The summed E-state index contributed by atoms with van der Waals surface area (Å²) in [6.45, 7) is 0.441. The van der Waals surface area contributed by atoms with E-state index in [1.165, 1.54) is 0 Å². The van der Waals surface area contributed by atoms with Crippen LogP contribution in [0.3, 0.4) is 0 Å². The van der Waals surface area contributed by atoms with Crippen LogP contribution in [0.5, 0.6) is 0 Å². The van der Waals surface area contributed by atoms with Crippen LogP contribution in [0.15, 0.2) is 30.6 Å². The minimum absolute atomic E-state index is 0.135. The van der Waals surface area contributed by atoms with Crippen LogP contribution in [-0.4, -0.2) is 27.4 Å². The number of carbonyl (C=O) groups is 1. The lowest BCUT2D eigenvalue weighted by Gasteiger charge is -1.98. The molecule has 2 aromatic heterocycles. The number of nitrogens with one attached hydrogen (secondary N) is 3. The number of nitrogens with zero attached hydrogens (tertiary/aromatic N) is 1. The molecule has 0 bridgehead atoms. The summed E-state index contributed by atoms with van der Waals surface area (Å²) in [6.07, 6.45) is 6.95. The molecule has 0 aliphatic heterocycles. The minimum Gasteiger partial charge on any atom is -0.369 e. The van der Waals surface area contributed by atoms with Gasteiger partial charge in [0.2, 0.25) is 0 Å². The van der Waals surface area contributed by atoms with Gasteiger partial charge in [-0.1, -0.05) is 6.08 Å². The zero-order valence-electron chi connectivity index (χ0n) is 9.10. The van der Waals surface area contributed by atoms with Crippen molar-refractivity contribution in [1.82, 2.24) is 20.3 Å². The third kappa shape index (κ3) is 2.97. The van der Waals surface area contributed by atoms with Crippen molar-refractivity contribution in [2.24, 2.45) is 0 Å². The van der Waals surface area contributed by atoms with Crippen LogP contribution in [0.4, 0.5) is 5.95 Å². The van der Waals surface area contributed by atoms with E-state index >= 15 is 0 Å². The Kier molecular flexibility index (Phi) is 3.25. The molecule has 0 aromatic carbocycles. The van der Waals surface area contributed by atoms with Gasteiger partial charge in [-0.3, -0.25) is 4.79 Å². The number of aromatic nitrogens is 3. The molecule has 0 saturated carbocycles. The number of carbonyl (C=O) groups excluding carboxylic acids is 1. The van der Waals surface area contributed by atoms with Gasteiger partial charge in [0.25, 0.3) is 5.91 Å². The minimum atomic E-state index is -0.135. The summed E-state index contributed by atoms with van der Waals surface area (Å²) in [6, 6.07) is 3.49. The number of hydrogen-bond donors (Lipinski definition) is 4. The molecule has 1 amide bonds. The molecule has 0 aliphatic rings. The average Bonchev–Trinajstić information content (AvgIpc) is 2.95. The first-order valence-electron chi connectivity index (χ1n) is 5.14. The van der Waals surface area contributed by atoms with Crippen LogP contribution in [0.1, 0.15) is 16.2 Å². The summed E-state index contributed by atoms with van der Waals surface area (Å²) in [5.74, 6) is 0.240. The highest BCUT2D eigenvalue weighted by Gasteiger charge is 2.02. The molecular formula is C11H13N5O. The van der Waals surface area contributed by atoms with Gasteiger partial charge >= 0.3 is 0 Å². The molecule has 0 fully saturated rings. The maximum Gasteiger partial charge on any atom is 0.267 e. The molecule has 0 unspecified atom stereocenters. The number of rotatable bonds is 4. The van der Waals surface area contributed by atoms with E-state index in [1.54, 1.807) is 30.6 Å². The van der Waals surface area contributed by atoms with Gasteiger partial charge in [-0.05, 0) is 18.2 Å². The molecule has 2 rings (SSSR count). The Labute approximate surface area is 97.9 Å². The molecule has 88 valence electrons. The van der Waals surface area contributed by atoms with Crippen molar-refractivity contribution in [2.45, 2.75) is 0 Å². The van der Waals surface area contributed by atoms with Crippen molar-refractivity contribution in [3.8, 4) is 0 Å². The SMILES string of the molecule is Nc1ncc(/C=C\CNC(=O)c2ccc[nH]2)[nH]1. The summed E-state index contributed by atoms with van der Waals surface area (Å²) >= 11 is 0. The number of nitrogen functional groups attached to an aromatic ring is 1. The molecule has 0 atom stereocenters. The van der Waals surface area contributed by atoms with Gasteiger partial charge in [0.05, 0.1) is 11.9 Å². The third-order valence-corrected chi connectivity index (χ3v) is 2.14. The van der Waals surface area contributed by atoms with Gasteiger partial charge in [0, 0.05) is 12.7 Å². The van der Waals surface area contributed by atoms with E-state index in [-0.39, 0.29) is 5.91 Å². The quantitative estimate of drug-likeness (QED) is 0.625. The van der Waals surface area contributed by atoms with Gasteiger partial charge in [0.15, 0.2) is 5.95 Å². The lowest BCUT2D eigenvalue weighted by molar-refractivity contribution is 0.0953. The Bertz CT molecular complexity index is 512. The van der Waals surface area contributed by atoms with Gasteiger partial charge in [-0.2, -0.15) is 0 Å². The van der Waals surface area contributed by atoms with E-state index < -0.39 is 0 Å². The van der Waals surface area contributed by atoms with E-state index in [0.29, 0.717) is 18.2 Å². The zero-order valence-corrected chi connectivity index (χ0v) is 9.10. The molecule has 0 spiro atoms. The maximum atomic E-state index is 11.5. The third-order valence-electron chi connectivity index (χ3n) is 2.14. The van der Waals surface area contributed by atoms with Crippen LogP contribution in [0, 0.1) is 0 Å². The number of H-pyrrole nitrogens is 2. The maximum absolute atomic E-state index is 11.5. The second-order valence-corrected chi connectivity index (χ2v) is 3.42. The predicted octanol–water partition coefficient (Wildman–Crippen LogP) is 0.763. The molecule has 0 aliphatic carbocycles. The Balaban J connectivity index is 1.80. The Morgan fingerprint density at radius 2 is 2.47 bits per heavy atom. The lowest BCUT2D eigenvalue weighted by Crippen LogP contribution is -2.23. The summed E-state index contributed by atoms with van der Waals surface area (Å²) in [5.41, 5.74) is 6.77. The van der Waals surface area contributed by atoms with Crippen molar-refractivity contribution >= 4 is 17.9 Å². The average molecular weight is 231 g/mol. The highest BCUT2D eigenvalue weighted by molar-refractivity contribution is 5.92. The van der Waals surface area contributed by atoms with Crippen LogP contribution in [0.2, 0.25) is 0 Å². The zero-order chi connectivity index (χ0) is 12.1. The molecular weight excluding hydrogens is 218 g/mol. The van der Waals surface area contributed by atoms with Crippen LogP contribution >= 0.6 is 0 Å². The largest absolute Gasteiger partial charge is 0.369 e. The van der Waals surface area contributed by atoms with Crippen molar-refractivity contribution in [3.05, 3.63) is 42.0 Å². The van der Waals surface area contributed by atoms with Crippen molar-refractivity contribution in [3.63, 3.8) is 0 Å². The van der Waals surface area contributed by atoms with Gasteiger partial charge < -0.3 is 21.0 Å². The number of nitrogens with two attached hydrogens (primary N) is 1. The predicted molar refractivity (Wildman–Crippen MR) is 65.2 cm³/mol. The Hall–Kier alpha value is -2.50. The smallest absolute Gasteiger partial charge is 0.267 e. The number of imidazole rings is 1. The molecule has 2 aromatic rings. The van der Waals surface area contributed by atoms with E-state index in [1.807, 2.05) is 6.08 Å². The highest BCUT2D eigenvalue weighted by atomic mass is 16.1. The molecule has 17 heavy (non-hydrogen) atoms. The van der Waals surface area contributed by atoms with E-state index in [9.17, 15) is 4.79 Å². The number of hydrogen-bond acceptors (Lipinski definition) is 3. The summed E-state index contributed by atoms with van der Waals surface area (Å²) in [4.78, 5) is 21.0. The molecule has 0 saturated heterocycles. The Morgan fingerprint density at radius 3 is 3.12 bits per heavy atom. The second kappa shape index (κ2) is 5.02. The standard InChI is InChI=1S/C11H13N5O/c12-11-15-7-8(16-11)3-1-6-14-10(17)9-4-2-5-13-9/h1-5,7,13H,6H2,(H,14,17)(H3,12,15,16)/b3-1-. The molecule has 0 radical (unpaired) electrons. The lowest BCUT2D eigenvalue weighted by atomic mass is 10.4. The molecule has 5 N–H and O–H groups in total. The first-order valence-corrected chi connectivity index (χ1v) is 5.14. The topological polar surface area (TPSA) is 99.6 Å². The fourth-order valence-corrected chi connectivity index (χ4v) is 1.34. The van der Waals surface area contributed by atoms with Gasteiger partial charge in [-0.15, -0.1) is 0 Å². The highest BCUT2D eigenvalue weighted by Crippen LogP contribution is 1.99. The molecule has 2 heterocycles. The van der Waals surface area contributed by atoms with E-state index in [2.05, 4.69) is 20.3 Å². The van der Waals surface area contributed by atoms with Crippen molar-refractivity contribution in [1.29, 1.82) is 0 Å². The molecule has 6 heteroatoms. The number of aromatic amines is 2. The van der Waals surface area contributed by atoms with E-state index in [0.717, 1.165) is 5.69 Å². The van der Waals surface area contributed by atoms with E-state index in [4.69, 9.17) is 5.73 Å². The first kappa shape index (κ1) is 11.0. The van der Waals surface area contributed by atoms with Gasteiger partial charge in [0.1, 0.15) is 5.69 Å².